The largest absolute Gasteiger partial charge is 0.316 e. The molecule has 0 saturated carbocycles. The highest BCUT2D eigenvalue weighted by atomic mass is 14.9. The number of aryl methyl sites for hydroxylation is 3. The van der Waals surface area contributed by atoms with Crippen molar-refractivity contribution in [2.45, 2.75) is 46.1 Å². The summed E-state index contributed by atoms with van der Waals surface area (Å²) in [5.74, 6) is 0. The highest BCUT2D eigenvalue weighted by Crippen LogP contribution is 2.15. The fourth-order valence-corrected chi connectivity index (χ4v) is 2.76. The van der Waals surface area contributed by atoms with Gasteiger partial charge in [-0.3, -0.25) is 0 Å². The molecule has 2 aromatic carbocycles. The lowest BCUT2D eigenvalue weighted by molar-refractivity contribution is 0.555. The second kappa shape index (κ2) is 7.42. The van der Waals surface area contributed by atoms with Crippen LogP contribution in [-0.4, -0.2) is 13.1 Å². The Morgan fingerprint density at radius 2 is 1.57 bits per heavy atom. The summed E-state index contributed by atoms with van der Waals surface area (Å²) in [6.45, 7) is 6.57. The van der Waals surface area contributed by atoms with E-state index in [0.29, 0.717) is 6.04 Å². The molecule has 0 heterocycles. The molecule has 0 fully saturated rings. The summed E-state index contributed by atoms with van der Waals surface area (Å²) in [6, 6.07) is 16.3. The van der Waals surface area contributed by atoms with Crippen molar-refractivity contribution in [2.75, 3.05) is 7.05 Å². The molecule has 1 unspecified atom stereocenters. The monoisotopic (exact) mass is 281 g/mol. The molecule has 0 saturated heterocycles. The van der Waals surface area contributed by atoms with Crippen LogP contribution in [0, 0.1) is 13.8 Å². The number of hydrogen-bond donors (Lipinski definition) is 1. The maximum atomic E-state index is 3.47. The van der Waals surface area contributed by atoms with Crippen LogP contribution in [-0.2, 0) is 19.3 Å². The number of benzene rings is 2. The average Bonchev–Trinajstić information content (AvgIpc) is 2.51. The van der Waals surface area contributed by atoms with Crippen LogP contribution in [0.1, 0.15) is 34.7 Å². The third kappa shape index (κ3) is 4.44. The molecule has 2 rings (SSSR count). The Bertz CT molecular complexity index is 569. The maximum Gasteiger partial charge on any atom is 0.0145 e. The molecule has 1 N–H and O–H groups in total. The minimum atomic E-state index is 0.484. The van der Waals surface area contributed by atoms with Crippen molar-refractivity contribution in [2.24, 2.45) is 0 Å². The van der Waals surface area contributed by atoms with Crippen LogP contribution in [0.4, 0.5) is 0 Å². The lowest BCUT2D eigenvalue weighted by Crippen LogP contribution is -2.30. The van der Waals surface area contributed by atoms with Crippen molar-refractivity contribution in [3.8, 4) is 0 Å². The van der Waals surface area contributed by atoms with Gasteiger partial charge in [-0.25, -0.2) is 0 Å². The summed E-state index contributed by atoms with van der Waals surface area (Å²) >= 11 is 0. The molecule has 0 aliphatic heterocycles. The van der Waals surface area contributed by atoms with Crippen LogP contribution in [0.3, 0.4) is 0 Å². The van der Waals surface area contributed by atoms with E-state index in [0.717, 1.165) is 19.3 Å². The summed E-state index contributed by atoms with van der Waals surface area (Å²) in [5, 5.41) is 3.47. The molecule has 0 amide bonds. The first-order valence-electron chi connectivity index (χ1n) is 7.93. The van der Waals surface area contributed by atoms with Crippen molar-refractivity contribution in [1.82, 2.24) is 5.32 Å². The van der Waals surface area contributed by atoms with Crippen molar-refractivity contribution in [3.63, 3.8) is 0 Å². The number of hydrogen-bond acceptors (Lipinski definition) is 1. The Kier molecular flexibility index (Phi) is 5.58. The first-order chi connectivity index (χ1) is 10.1. The number of rotatable bonds is 6. The van der Waals surface area contributed by atoms with Gasteiger partial charge in [-0.15, -0.1) is 0 Å². The van der Waals surface area contributed by atoms with Crippen LogP contribution >= 0.6 is 0 Å². The molecule has 1 heteroatoms. The lowest BCUT2D eigenvalue weighted by atomic mass is 9.95. The fraction of sp³-hybridized carbons (Fsp3) is 0.400. The Hall–Kier alpha value is -1.60. The Morgan fingerprint density at radius 1 is 0.905 bits per heavy atom. The van der Waals surface area contributed by atoms with Crippen LogP contribution in [0.25, 0.3) is 0 Å². The first-order valence-corrected chi connectivity index (χ1v) is 7.93. The zero-order valence-electron chi connectivity index (χ0n) is 13.7. The van der Waals surface area contributed by atoms with Gasteiger partial charge >= 0.3 is 0 Å². The van der Waals surface area contributed by atoms with Gasteiger partial charge in [-0.2, -0.15) is 0 Å². The van der Waals surface area contributed by atoms with Crippen LogP contribution < -0.4 is 5.32 Å². The Balaban J connectivity index is 2.07. The third-order valence-corrected chi connectivity index (χ3v) is 4.29. The second-order valence-corrected chi connectivity index (χ2v) is 5.99. The van der Waals surface area contributed by atoms with Gasteiger partial charge in [-0.1, -0.05) is 55.0 Å². The third-order valence-electron chi connectivity index (χ3n) is 4.29. The normalized spacial score (nSPS) is 12.4. The van der Waals surface area contributed by atoms with E-state index in [1.165, 1.54) is 27.8 Å². The molecular formula is C20H27N. The summed E-state index contributed by atoms with van der Waals surface area (Å²) in [7, 11) is 2.07. The highest BCUT2D eigenvalue weighted by Gasteiger charge is 2.10. The smallest absolute Gasteiger partial charge is 0.0145 e. The molecule has 0 bridgehead atoms. The summed E-state index contributed by atoms with van der Waals surface area (Å²) in [6.07, 6.45) is 3.27. The zero-order chi connectivity index (χ0) is 15.2. The van der Waals surface area contributed by atoms with Crippen molar-refractivity contribution < 1.29 is 0 Å². The molecule has 0 radical (unpaired) electrons. The van der Waals surface area contributed by atoms with Gasteiger partial charge in [0.1, 0.15) is 0 Å². The van der Waals surface area contributed by atoms with Crippen molar-refractivity contribution in [3.05, 3.63) is 70.3 Å². The summed E-state index contributed by atoms with van der Waals surface area (Å²) in [4.78, 5) is 0. The van der Waals surface area contributed by atoms with Gasteiger partial charge in [0, 0.05) is 6.04 Å². The standard InChI is InChI=1S/C20H27N/c1-5-17-8-10-18(11-9-17)13-20(21-4)14-19-12-15(2)6-7-16(19)3/h6-12,20-21H,5,13-14H2,1-4H3. The maximum absolute atomic E-state index is 3.47. The predicted octanol–water partition coefficient (Wildman–Crippen LogP) is 4.24. The van der Waals surface area contributed by atoms with Crippen LogP contribution in [0.5, 0.6) is 0 Å². The molecule has 21 heavy (non-hydrogen) atoms. The van der Waals surface area contributed by atoms with Gasteiger partial charge in [0.15, 0.2) is 0 Å². The summed E-state index contributed by atoms with van der Waals surface area (Å²) in [5.41, 5.74) is 7.02. The van der Waals surface area contributed by atoms with E-state index < -0.39 is 0 Å². The predicted molar refractivity (Wildman–Crippen MR) is 92.0 cm³/mol. The van der Waals surface area contributed by atoms with E-state index in [-0.39, 0.29) is 0 Å². The molecule has 0 aliphatic rings. The molecule has 112 valence electrons. The fourth-order valence-electron chi connectivity index (χ4n) is 2.76. The highest BCUT2D eigenvalue weighted by molar-refractivity contribution is 5.31. The van der Waals surface area contributed by atoms with Gasteiger partial charge in [0.2, 0.25) is 0 Å². The Labute approximate surface area is 129 Å². The quantitative estimate of drug-likeness (QED) is 0.835. The van der Waals surface area contributed by atoms with E-state index in [9.17, 15) is 0 Å². The van der Waals surface area contributed by atoms with E-state index in [4.69, 9.17) is 0 Å². The lowest BCUT2D eigenvalue weighted by Gasteiger charge is -2.18. The Morgan fingerprint density at radius 3 is 2.19 bits per heavy atom. The van der Waals surface area contributed by atoms with Gasteiger partial charge in [0.05, 0.1) is 0 Å². The minimum Gasteiger partial charge on any atom is -0.316 e. The minimum absolute atomic E-state index is 0.484. The molecule has 0 aromatic heterocycles. The van der Waals surface area contributed by atoms with Crippen LogP contribution in [0.15, 0.2) is 42.5 Å². The van der Waals surface area contributed by atoms with E-state index in [2.05, 4.69) is 75.6 Å². The van der Waals surface area contributed by atoms with E-state index >= 15 is 0 Å². The SMILES string of the molecule is CCc1ccc(CC(Cc2cc(C)ccc2C)NC)cc1. The summed E-state index contributed by atoms with van der Waals surface area (Å²) < 4.78 is 0. The van der Waals surface area contributed by atoms with Crippen molar-refractivity contribution >= 4 is 0 Å². The molecular weight excluding hydrogens is 254 g/mol. The first kappa shape index (κ1) is 15.8. The molecule has 1 nitrogen and oxygen atoms in total. The second-order valence-electron chi connectivity index (χ2n) is 5.99. The number of nitrogens with one attached hydrogen (secondary N) is 1. The van der Waals surface area contributed by atoms with Gasteiger partial charge < -0.3 is 5.32 Å². The topological polar surface area (TPSA) is 12.0 Å². The average molecular weight is 281 g/mol. The van der Waals surface area contributed by atoms with E-state index in [1.807, 2.05) is 0 Å². The molecule has 0 aliphatic carbocycles. The molecule has 2 aromatic rings. The number of likely N-dealkylation sites (N-methyl/N-ethyl adjacent to an activating group) is 1. The van der Waals surface area contributed by atoms with Gasteiger partial charge in [-0.05, 0) is 62.4 Å². The zero-order valence-corrected chi connectivity index (χ0v) is 13.7. The van der Waals surface area contributed by atoms with Gasteiger partial charge in [0.25, 0.3) is 0 Å². The molecule has 0 spiro atoms. The van der Waals surface area contributed by atoms with Crippen molar-refractivity contribution in [1.29, 1.82) is 0 Å². The van der Waals surface area contributed by atoms with E-state index in [1.54, 1.807) is 0 Å². The molecule has 1 atom stereocenters. The van der Waals surface area contributed by atoms with Crippen LogP contribution in [0.2, 0.25) is 0 Å².